The van der Waals surface area contributed by atoms with Crippen molar-refractivity contribution >= 4 is 23.1 Å². The van der Waals surface area contributed by atoms with Gasteiger partial charge in [0.15, 0.2) is 0 Å². The molecule has 0 aliphatic heterocycles. The molecule has 34 heavy (non-hydrogen) atoms. The minimum Gasteiger partial charge on any atom is -0.463 e. The number of nitrogens with one attached hydrogen (secondary N) is 1. The van der Waals surface area contributed by atoms with E-state index in [1.165, 1.54) is 36.5 Å². The number of carbonyl (C=O) groups excluding carboxylic acids is 2. The number of amides is 1. The predicted octanol–water partition coefficient (Wildman–Crippen LogP) is 6.11. The van der Waals surface area contributed by atoms with E-state index in [2.05, 4.69) is 10.3 Å². The molecule has 0 spiro atoms. The normalized spacial score (nSPS) is 11.6. The van der Waals surface area contributed by atoms with Gasteiger partial charge in [0.25, 0.3) is 5.91 Å². The van der Waals surface area contributed by atoms with Crippen molar-refractivity contribution < 1.29 is 32.2 Å². The van der Waals surface area contributed by atoms with Crippen LogP contribution >= 0.6 is 0 Å². The maximum Gasteiger partial charge on any atom is 0.416 e. The Labute approximate surface area is 194 Å². The van der Waals surface area contributed by atoms with Crippen LogP contribution in [0.4, 0.5) is 18.9 Å². The van der Waals surface area contributed by atoms with E-state index < -0.39 is 23.6 Å². The fourth-order valence-corrected chi connectivity index (χ4v) is 2.87. The minimum absolute atomic E-state index is 0.210. The highest BCUT2D eigenvalue weighted by atomic mass is 19.4. The Kier molecular flexibility index (Phi) is 7.68. The molecule has 0 aliphatic carbocycles. The summed E-state index contributed by atoms with van der Waals surface area (Å²) in [6.07, 6.45) is -1.73. The number of anilines is 1. The van der Waals surface area contributed by atoms with Crippen LogP contribution in [0.5, 0.6) is 11.6 Å². The number of aromatic nitrogens is 1. The van der Waals surface area contributed by atoms with Crippen LogP contribution in [0.3, 0.4) is 0 Å². The number of alkyl halides is 3. The molecule has 1 N–H and O–H groups in total. The Morgan fingerprint density at radius 2 is 1.62 bits per heavy atom. The first kappa shape index (κ1) is 24.5. The first-order valence-corrected chi connectivity index (χ1v) is 10.2. The van der Waals surface area contributed by atoms with Crippen molar-refractivity contribution in [2.45, 2.75) is 20.0 Å². The number of benzene rings is 2. The van der Waals surface area contributed by atoms with E-state index in [1.807, 2.05) is 0 Å². The van der Waals surface area contributed by atoms with Crippen molar-refractivity contribution in [2.24, 2.45) is 0 Å². The van der Waals surface area contributed by atoms with Crippen LogP contribution < -0.4 is 10.1 Å². The number of halogens is 3. The maximum atomic E-state index is 12.6. The summed E-state index contributed by atoms with van der Waals surface area (Å²) in [6.45, 7) is 3.83. The average molecular weight is 470 g/mol. The molecule has 0 saturated heterocycles. The van der Waals surface area contributed by atoms with Gasteiger partial charge in [0, 0.05) is 24.0 Å². The summed E-state index contributed by atoms with van der Waals surface area (Å²) in [7, 11) is 0. The van der Waals surface area contributed by atoms with E-state index in [1.54, 1.807) is 38.1 Å². The van der Waals surface area contributed by atoms with Crippen molar-refractivity contribution in [3.05, 3.63) is 89.6 Å². The Balaban J connectivity index is 1.60. The van der Waals surface area contributed by atoms with E-state index >= 15 is 0 Å². The second-order valence-corrected chi connectivity index (χ2v) is 7.12. The summed E-state index contributed by atoms with van der Waals surface area (Å²) in [5.41, 5.74) is 1.20. The quantitative estimate of drug-likeness (QED) is 0.333. The van der Waals surface area contributed by atoms with Gasteiger partial charge in [-0.05, 0) is 67.4 Å². The van der Waals surface area contributed by atoms with Crippen molar-refractivity contribution in [3.8, 4) is 11.6 Å². The Morgan fingerprint density at radius 3 is 2.18 bits per heavy atom. The molecule has 9 heteroatoms. The third-order valence-electron chi connectivity index (χ3n) is 4.62. The highest BCUT2D eigenvalue weighted by molar-refractivity contribution is 6.04. The zero-order valence-electron chi connectivity index (χ0n) is 18.3. The maximum absolute atomic E-state index is 12.6. The molecule has 1 amide bonds. The van der Waals surface area contributed by atoms with Crippen molar-refractivity contribution in [3.63, 3.8) is 0 Å². The molecular formula is C25H21F3N2O4. The molecule has 1 aromatic heterocycles. The van der Waals surface area contributed by atoms with Crippen molar-refractivity contribution in [2.75, 3.05) is 11.9 Å². The third kappa shape index (κ3) is 6.68. The van der Waals surface area contributed by atoms with Gasteiger partial charge in [0.1, 0.15) is 5.75 Å². The molecule has 2 aromatic carbocycles. The molecule has 0 atom stereocenters. The Hall–Kier alpha value is -4.14. The van der Waals surface area contributed by atoms with Crippen LogP contribution in [0.25, 0.3) is 5.57 Å². The highest BCUT2D eigenvalue weighted by Gasteiger charge is 2.30. The number of ether oxygens (including phenoxy) is 2. The zero-order valence-corrected chi connectivity index (χ0v) is 18.3. The number of hydrogen-bond acceptors (Lipinski definition) is 5. The molecule has 6 nitrogen and oxygen atoms in total. The second kappa shape index (κ2) is 10.7. The van der Waals surface area contributed by atoms with Gasteiger partial charge < -0.3 is 14.8 Å². The van der Waals surface area contributed by atoms with E-state index in [-0.39, 0.29) is 17.1 Å². The van der Waals surface area contributed by atoms with Gasteiger partial charge in [-0.15, -0.1) is 0 Å². The van der Waals surface area contributed by atoms with E-state index in [0.717, 1.165) is 23.3 Å². The SMILES string of the molecule is CCOC(=O)C=C(C)c1ccc(Oc2ccc(C(=O)Nc3ccc(C(F)(F)F)cc3)cn2)cc1. The summed E-state index contributed by atoms with van der Waals surface area (Å²) in [5, 5.41) is 2.52. The van der Waals surface area contributed by atoms with Gasteiger partial charge in [-0.1, -0.05) is 12.1 Å². The van der Waals surface area contributed by atoms with Gasteiger partial charge in [-0.3, -0.25) is 4.79 Å². The van der Waals surface area contributed by atoms with Gasteiger partial charge in [-0.25, -0.2) is 9.78 Å². The molecular weight excluding hydrogens is 449 g/mol. The predicted molar refractivity (Wildman–Crippen MR) is 120 cm³/mol. The lowest BCUT2D eigenvalue weighted by Gasteiger charge is -2.09. The second-order valence-electron chi connectivity index (χ2n) is 7.12. The van der Waals surface area contributed by atoms with E-state index in [9.17, 15) is 22.8 Å². The minimum atomic E-state index is -4.44. The molecule has 176 valence electrons. The van der Waals surface area contributed by atoms with Crippen LogP contribution in [0, 0.1) is 0 Å². The lowest BCUT2D eigenvalue weighted by molar-refractivity contribution is -0.138. The molecule has 3 aromatic rings. The first-order valence-electron chi connectivity index (χ1n) is 10.2. The van der Waals surface area contributed by atoms with Crippen LogP contribution in [-0.2, 0) is 15.7 Å². The number of esters is 1. The smallest absolute Gasteiger partial charge is 0.416 e. The Morgan fingerprint density at radius 1 is 0.971 bits per heavy atom. The van der Waals surface area contributed by atoms with Gasteiger partial charge in [-0.2, -0.15) is 13.2 Å². The lowest BCUT2D eigenvalue weighted by Crippen LogP contribution is -2.12. The van der Waals surface area contributed by atoms with E-state index in [4.69, 9.17) is 9.47 Å². The number of pyridine rings is 1. The summed E-state index contributed by atoms with van der Waals surface area (Å²) in [6, 6.07) is 14.1. The third-order valence-corrected chi connectivity index (χ3v) is 4.62. The van der Waals surface area contributed by atoms with Crippen LogP contribution in [0.2, 0.25) is 0 Å². The van der Waals surface area contributed by atoms with Gasteiger partial charge in [0.05, 0.1) is 17.7 Å². The molecule has 3 rings (SSSR count). The number of allylic oxidation sites excluding steroid dienone is 1. The molecule has 0 saturated carbocycles. The average Bonchev–Trinajstić information content (AvgIpc) is 2.80. The zero-order chi connectivity index (χ0) is 24.7. The fraction of sp³-hybridized carbons (Fsp3) is 0.160. The lowest BCUT2D eigenvalue weighted by atomic mass is 10.1. The van der Waals surface area contributed by atoms with Crippen LogP contribution in [0.1, 0.15) is 35.3 Å². The van der Waals surface area contributed by atoms with Crippen LogP contribution in [0.15, 0.2) is 72.9 Å². The molecule has 0 radical (unpaired) electrons. The number of rotatable bonds is 7. The molecule has 0 fully saturated rings. The standard InChI is InChI=1S/C25H21F3N2O4/c1-3-33-23(31)14-16(2)17-4-11-21(12-5-17)34-22-13-6-18(15-29-22)24(32)30-20-9-7-19(8-10-20)25(26,27)28/h4-15H,3H2,1-2H3,(H,30,32). The van der Waals surface area contributed by atoms with Crippen molar-refractivity contribution in [1.29, 1.82) is 0 Å². The molecule has 0 bridgehead atoms. The number of carbonyl (C=O) groups is 2. The largest absolute Gasteiger partial charge is 0.463 e. The fourth-order valence-electron chi connectivity index (χ4n) is 2.87. The van der Waals surface area contributed by atoms with Crippen molar-refractivity contribution in [1.82, 2.24) is 4.98 Å². The monoisotopic (exact) mass is 470 g/mol. The first-order chi connectivity index (χ1) is 16.2. The van der Waals surface area contributed by atoms with Gasteiger partial charge >= 0.3 is 12.1 Å². The number of hydrogen-bond donors (Lipinski definition) is 1. The topological polar surface area (TPSA) is 77.5 Å². The van der Waals surface area contributed by atoms with E-state index in [0.29, 0.717) is 12.4 Å². The molecule has 1 heterocycles. The number of nitrogens with zero attached hydrogens (tertiary/aromatic N) is 1. The summed E-state index contributed by atoms with van der Waals surface area (Å²) < 4.78 is 48.5. The summed E-state index contributed by atoms with van der Waals surface area (Å²) in [4.78, 5) is 28.0. The molecule has 0 unspecified atom stereocenters. The Bertz CT molecular complexity index is 1170. The van der Waals surface area contributed by atoms with Crippen LogP contribution in [-0.4, -0.2) is 23.5 Å². The molecule has 0 aliphatic rings. The summed E-state index contributed by atoms with van der Waals surface area (Å²) >= 11 is 0. The highest BCUT2D eigenvalue weighted by Crippen LogP contribution is 2.30. The summed E-state index contributed by atoms with van der Waals surface area (Å²) in [5.74, 6) is -0.182. The van der Waals surface area contributed by atoms with Gasteiger partial charge in [0.2, 0.25) is 5.88 Å².